The molecule has 0 fully saturated rings. The zero-order valence-electron chi connectivity index (χ0n) is 25.8. The van der Waals surface area contributed by atoms with Crippen LogP contribution in [-0.4, -0.2) is 22.9 Å². The van der Waals surface area contributed by atoms with Gasteiger partial charge >= 0.3 is 7.91 Å². The van der Waals surface area contributed by atoms with Gasteiger partial charge in [-0.2, -0.15) is 0 Å². The molecule has 3 N–H and O–H groups in total. The van der Waals surface area contributed by atoms with Gasteiger partial charge in [0.25, 0.3) is 0 Å². The van der Waals surface area contributed by atoms with E-state index in [-0.39, 0.29) is 0 Å². The Kier molecular flexibility index (Phi) is 37.1. The minimum Gasteiger partial charge on any atom is -0.317 e. The van der Waals surface area contributed by atoms with Crippen LogP contribution in [0.1, 0.15) is 194 Å². The number of hydrogen-bond donors (Lipinski definition) is 3. The second-order valence-corrected chi connectivity index (χ2v) is 12.4. The zero-order chi connectivity index (χ0) is 28.4. The average molecular weight is 566 g/mol. The standard InChI is InChI=1S/C32H67N.FH2O3P/c1-3-5-7-9-11-13-15-17-19-21-23-25-27-29-31-33-32-30-28-26-24-22-20-18-16-14-12-10-8-6-4-2;1-5(2,3)4/h33H,3-32H2,1-2H3;(H2,2,3,4). The lowest BCUT2D eigenvalue weighted by molar-refractivity contribution is 0.322. The maximum atomic E-state index is 10.4. The van der Waals surface area contributed by atoms with Crippen molar-refractivity contribution in [1.82, 2.24) is 5.32 Å². The van der Waals surface area contributed by atoms with E-state index < -0.39 is 7.91 Å². The summed E-state index contributed by atoms with van der Waals surface area (Å²) in [6, 6.07) is 0. The maximum absolute atomic E-state index is 10.4. The number of unbranched alkanes of at least 4 members (excludes halogenated alkanes) is 26. The third-order valence-electron chi connectivity index (χ3n) is 7.41. The minimum atomic E-state index is -5.14. The van der Waals surface area contributed by atoms with Crippen molar-refractivity contribution in [1.29, 1.82) is 0 Å². The average Bonchev–Trinajstić information content (AvgIpc) is 2.87. The fraction of sp³-hybridized carbons (Fsp3) is 1.00. The second-order valence-electron chi connectivity index (χ2n) is 11.4. The van der Waals surface area contributed by atoms with Crippen molar-refractivity contribution in [3.8, 4) is 0 Å². The van der Waals surface area contributed by atoms with Gasteiger partial charge in [0.05, 0.1) is 0 Å². The van der Waals surface area contributed by atoms with Gasteiger partial charge < -0.3 is 5.32 Å². The summed E-state index contributed by atoms with van der Waals surface area (Å²) in [7, 11) is -5.14. The predicted octanol–water partition coefficient (Wildman–Crippen LogP) is 11.6. The third-order valence-corrected chi connectivity index (χ3v) is 7.41. The lowest BCUT2D eigenvalue weighted by Gasteiger charge is -2.06. The fourth-order valence-electron chi connectivity index (χ4n) is 5.01. The van der Waals surface area contributed by atoms with Crippen molar-refractivity contribution < 1.29 is 18.5 Å². The van der Waals surface area contributed by atoms with Crippen LogP contribution >= 0.6 is 7.91 Å². The van der Waals surface area contributed by atoms with E-state index in [1.807, 2.05) is 0 Å². The first-order valence-electron chi connectivity index (χ1n) is 16.9. The van der Waals surface area contributed by atoms with Crippen molar-refractivity contribution in [2.75, 3.05) is 13.1 Å². The van der Waals surface area contributed by atoms with E-state index in [1.165, 1.54) is 193 Å². The first-order valence-corrected chi connectivity index (χ1v) is 18.4. The summed E-state index contributed by atoms with van der Waals surface area (Å²) < 4.78 is 19.0. The zero-order valence-corrected chi connectivity index (χ0v) is 26.7. The van der Waals surface area contributed by atoms with Gasteiger partial charge in [-0.25, -0.2) is 4.57 Å². The largest absolute Gasteiger partial charge is 0.507 e. The quantitative estimate of drug-likeness (QED) is 0.0598. The molecule has 0 heterocycles. The molecule has 0 rings (SSSR count). The molecule has 0 aromatic carbocycles. The Morgan fingerprint density at radius 1 is 0.421 bits per heavy atom. The highest BCUT2D eigenvalue weighted by Gasteiger charge is 2.04. The lowest BCUT2D eigenvalue weighted by atomic mass is 10.0. The molecule has 0 bridgehead atoms. The molecule has 0 aliphatic carbocycles. The van der Waals surface area contributed by atoms with Gasteiger partial charge in [0.15, 0.2) is 0 Å². The molecule has 0 spiro atoms. The number of nitrogens with one attached hydrogen (secondary N) is 1. The molecule has 0 saturated carbocycles. The van der Waals surface area contributed by atoms with Crippen LogP contribution in [0.25, 0.3) is 0 Å². The Balaban J connectivity index is 0. The summed E-state index contributed by atoms with van der Waals surface area (Å²) in [5, 5.41) is 3.67. The normalized spacial score (nSPS) is 11.5. The van der Waals surface area contributed by atoms with E-state index in [1.54, 1.807) is 0 Å². The van der Waals surface area contributed by atoms with Gasteiger partial charge in [0, 0.05) is 0 Å². The van der Waals surface area contributed by atoms with Crippen molar-refractivity contribution in [2.45, 2.75) is 194 Å². The molecule has 0 aliphatic heterocycles. The predicted molar refractivity (Wildman–Crippen MR) is 167 cm³/mol. The van der Waals surface area contributed by atoms with Crippen LogP contribution in [0.15, 0.2) is 0 Å². The van der Waals surface area contributed by atoms with E-state index in [4.69, 9.17) is 14.4 Å². The molecule has 232 valence electrons. The van der Waals surface area contributed by atoms with Gasteiger partial charge in [-0.15, -0.1) is 4.20 Å². The molecule has 0 aliphatic rings. The van der Waals surface area contributed by atoms with Crippen LogP contribution in [0.5, 0.6) is 0 Å². The summed E-state index contributed by atoms with van der Waals surface area (Å²) in [4.78, 5) is 13.9. The third kappa shape index (κ3) is 49.0. The Bertz CT molecular complexity index is 424. The van der Waals surface area contributed by atoms with Gasteiger partial charge in [0.1, 0.15) is 0 Å². The van der Waals surface area contributed by atoms with Crippen LogP contribution in [0, 0.1) is 0 Å². The number of halogens is 1. The molecule has 0 unspecified atom stereocenters. The number of rotatable bonds is 30. The van der Waals surface area contributed by atoms with E-state index in [0.29, 0.717) is 0 Å². The van der Waals surface area contributed by atoms with E-state index >= 15 is 0 Å². The summed E-state index contributed by atoms with van der Waals surface area (Å²) in [5.74, 6) is 0. The molecule has 0 aromatic rings. The monoisotopic (exact) mass is 565 g/mol. The Morgan fingerprint density at radius 2 is 0.579 bits per heavy atom. The maximum Gasteiger partial charge on any atom is 0.507 e. The van der Waals surface area contributed by atoms with Crippen molar-refractivity contribution in [3.63, 3.8) is 0 Å². The Hall–Kier alpha value is 0.0400. The van der Waals surface area contributed by atoms with Crippen LogP contribution < -0.4 is 5.32 Å². The highest BCUT2D eigenvalue weighted by molar-refractivity contribution is 7.45. The van der Waals surface area contributed by atoms with Crippen molar-refractivity contribution >= 4 is 7.91 Å². The molecule has 4 nitrogen and oxygen atoms in total. The van der Waals surface area contributed by atoms with E-state index in [9.17, 15) is 4.20 Å². The van der Waals surface area contributed by atoms with Gasteiger partial charge in [-0.1, -0.05) is 181 Å². The van der Waals surface area contributed by atoms with Crippen LogP contribution in [0.3, 0.4) is 0 Å². The van der Waals surface area contributed by atoms with Crippen molar-refractivity contribution in [3.05, 3.63) is 0 Å². The molecule has 38 heavy (non-hydrogen) atoms. The van der Waals surface area contributed by atoms with Crippen LogP contribution in [0.4, 0.5) is 4.20 Å². The SMILES string of the molecule is CCCCCCCCCCCCCCCCNCCCCCCCCCCCCCCCC.O=P(O)(O)F. The molecule has 0 aromatic heterocycles. The van der Waals surface area contributed by atoms with Crippen LogP contribution in [0.2, 0.25) is 0 Å². The van der Waals surface area contributed by atoms with Gasteiger partial charge in [0.2, 0.25) is 0 Å². The first kappa shape index (κ1) is 40.2. The fourth-order valence-corrected chi connectivity index (χ4v) is 5.01. The molecule has 0 radical (unpaired) electrons. The molecular formula is C32H69FNO3P. The Morgan fingerprint density at radius 3 is 0.763 bits per heavy atom. The number of hydrogen-bond acceptors (Lipinski definition) is 2. The summed E-state index contributed by atoms with van der Waals surface area (Å²) in [6.07, 6.45) is 40.7. The summed E-state index contributed by atoms with van der Waals surface area (Å²) >= 11 is 0. The molecule has 0 amide bonds. The molecular weight excluding hydrogens is 496 g/mol. The lowest BCUT2D eigenvalue weighted by Crippen LogP contribution is -2.16. The van der Waals surface area contributed by atoms with E-state index in [2.05, 4.69) is 19.2 Å². The highest BCUT2D eigenvalue weighted by atomic mass is 31.2. The summed E-state index contributed by atoms with van der Waals surface area (Å²) in [6.45, 7) is 7.10. The summed E-state index contributed by atoms with van der Waals surface area (Å²) in [5.41, 5.74) is 0. The highest BCUT2D eigenvalue weighted by Crippen LogP contribution is 2.35. The van der Waals surface area contributed by atoms with E-state index in [0.717, 1.165) is 0 Å². The molecule has 6 heteroatoms. The first-order chi connectivity index (χ1) is 18.4. The second kappa shape index (κ2) is 35.1. The van der Waals surface area contributed by atoms with Crippen molar-refractivity contribution in [2.24, 2.45) is 0 Å². The molecule has 0 atom stereocenters. The van der Waals surface area contributed by atoms with Gasteiger partial charge in [-0.05, 0) is 25.9 Å². The topological polar surface area (TPSA) is 69.6 Å². The Labute approximate surface area is 238 Å². The molecule has 0 saturated heterocycles. The van der Waals surface area contributed by atoms with Crippen LogP contribution in [-0.2, 0) is 4.57 Å². The van der Waals surface area contributed by atoms with Gasteiger partial charge in [-0.3, -0.25) is 9.79 Å². The smallest absolute Gasteiger partial charge is 0.317 e. The minimum absolute atomic E-state index is 1.25.